The SMILES string of the molecule is C=CC(=O)N1CC[C@H](C(=O)N(C)[C@H](C(=O)N[C@H]2Cc3cc(O)cc(c3)-c3ccc4c(c3)c(c(-c3ccc5cc(CN(C)C)n(C)c5c3)n4CC)CC(C)(C)COC(=O)[C@@H]3CCCN(N3)C2=O)C(C)C)C1. The Morgan fingerprint density at radius 3 is 2.44 bits per heavy atom. The highest BCUT2D eigenvalue weighted by Gasteiger charge is 2.40. The quantitative estimate of drug-likeness (QED) is 0.106. The lowest BCUT2D eigenvalue weighted by Crippen LogP contribution is -2.62. The van der Waals surface area contributed by atoms with E-state index in [0.29, 0.717) is 44.3 Å². The number of aromatic hydroxyl groups is 1. The number of hydrogen-bond acceptors (Lipinski definition) is 9. The maximum Gasteiger partial charge on any atom is 0.324 e. The van der Waals surface area contributed by atoms with Gasteiger partial charge in [0.05, 0.1) is 18.2 Å². The van der Waals surface area contributed by atoms with Gasteiger partial charge in [0.1, 0.15) is 23.9 Å². The number of carbonyl (C=O) groups is 5. The fourth-order valence-electron chi connectivity index (χ4n) is 10.9. The molecule has 4 atom stereocenters. The number of benzene rings is 3. The molecular formula is C55H70N8O7. The van der Waals surface area contributed by atoms with E-state index in [0.717, 1.165) is 50.9 Å². The lowest BCUT2D eigenvalue weighted by atomic mass is 9.84. The number of likely N-dealkylation sites (tertiary alicyclic amines) is 1. The van der Waals surface area contributed by atoms with Crippen molar-refractivity contribution in [1.29, 1.82) is 0 Å². The molecule has 3 aliphatic heterocycles. The van der Waals surface area contributed by atoms with Crippen molar-refractivity contribution >= 4 is 51.4 Å². The Morgan fingerprint density at radius 2 is 1.73 bits per heavy atom. The van der Waals surface area contributed by atoms with Gasteiger partial charge in [-0.1, -0.05) is 58.5 Å². The molecule has 372 valence electrons. The fraction of sp³-hybridized carbons (Fsp3) is 0.473. The molecule has 5 heterocycles. The van der Waals surface area contributed by atoms with Gasteiger partial charge in [0.25, 0.3) is 5.91 Å². The van der Waals surface area contributed by atoms with Crippen LogP contribution in [0.5, 0.6) is 5.75 Å². The van der Waals surface area contributed by atoms with Crippen molar-refractivity contribution in [3.8, 4) is 28.1 Å². The number of ether oxygens (including phenoxy) is 1. The topological polar surface area (TPSA) is 162 Å². The molecule has 0 aliphatic carbocycles. The Balaban J connectivity index is 1.20. The normalized spacial score (nSPS) is 20.2. The number of phenols is 1. The van der Waals surface area contributed by atoms with Gasteiger partial charge >= 0.3 is 5.97 Å². The Kier molecular flexibility index (Phi) is 14.4. The largest absolute Gasteiger partial charge is 0.508 e. The highest BCUT2D eigenvalue weighted by atomic mass is 16.5. The second-order valence-electron chi connectivity index (χ2n) is 21.0. The first-order valence-corrected chi connectivity index (χ1v) is 24.7. The number of likely N-dealkylation sites (N-methyl/N-ethyl adjacent to an activating group) is 1. The summed E-state index contributed by atoms with van der Waals surface area (Å²) in [6.45, 7) is 16.2. The molecule has 0 spiro atoms. The number of aromatic nitrogens is 2. The van der Waals surface area contributed by atoms with E-state index in [4.69, 9.17) is 4.74 Å². The minimum Gasteiger partial charge on any atom is -0.508 e. The van der Waals surface area contributed by atoms with Crippen molar-refractivity contribution < 1.29 is 33.8 Å². The molecule has 2 fully saturated rings. The summed E-state index contributed by atoms with van der Waals surface area (Å²) in [6.07, 6.45) is 3.24. The van der Waals surface area contributed by atoms with E-state index in [-0.39, 0.29) is 49.6 Å². The first kappa shape index (κ1) is 50.0. The molecule has 2 aromatic heterocycles. The number of cyclic esters (lactones) is 1. The van der Waals surface area contributed by atoms with Gasteiger partial charge in [-0.25, -0.2) is 5.43 Å². The summed E-state index contributed by atoms with van der Waals surface area (Å²) in [4.78, 5) is 74.8. The lowest BCUT2D eigenvalue weighted by Gasteiger charge is -2.37. The molecule has 3 aromatic carbocycles. The molecule has 6 bridgehead atoms. The summed E-state index contributed by atoms with van der Waals surface area (Å²) >= 11 is 0. The summed E-state index contributed by atoms with van der Waals surface area (Å²) in [5.74, 6) is -2.80. The van der Waals surface area contributed by atoms with Crippen LogP contribution in [0.4, 0.5) is 0 Å². The summed E-state index contributed by atoms with van der Waals surface area (Å²) in [6, 6.07) is 17.6. The van der Waals surface area contributed by atoms with Crippen LogP contribution in [0.25, 0.3) is 44.2 Å². The highest BCUT2D eigenvalue weighted by molar-refractivity contribution is 5.97. The van der Waals surface area contributed by atoms with Gasteiger partial charge in [0.2, 0.25) is 17.7 Å². The number of hydrogen-bond donors (Lipinski definition) is 3. The van der Waals surface area contributed by atoms with Crippen molar-refractivity contribution in [2.45, 2.75) is 97.9 Å². The minimum atomic E-state index is -1.16. The van der Waals surface area contributed by atoms with Crippen LogP contribution in [-0.2, 0) is 61.7 Å². The number of amides is 4. The third kappa shape index (κ3) is 10.1. The summed E-state index contributed by atoms with van der Waals surface area (Å²) in [5, 5.41) is 18.0. The van der Waals surface area contributed by atoms with E-state index in [2.05, 4.69) is 116 Å². The van der Waals surface area contributed by atoms with Crippen molar-refractivity contribution in [3.05, 3.63) is 90.1 Å². The number of fused-ring (bicyclic) bond motifs is 7. The maximum absolute atomic E-state index is 14.8. The van der Waals surface area contributed by atoms with Crippen LogP contribution in [0.3, 0.4) is 0 Å². The zero-order chi connectivity index (χ0) is 50.3. The first-order chi connectivity index (χ1) is 33.3. The minimum absolute atomic E-state index is 0.00107. The second-order valence-corrected chi connectivity index (χ2v) is 21.0. The van der Waals surface area contributed by atoms with Crippen LogP contribution in [-0.4, -0.2) is 129 Å². The highest BCUT2D eigenvalue weighted by Crippen LogP contribution is 2.41. The molecular weight excluding hydrogens is 885 g/mol. The smallest absolute Gasteiger partial charge is 0.324 e. The third-order valence-electron chi connectivity index (χ3n) is 14.4. The lowest BCUT2D eigenvalue weighted by molar-refractivity contribution is -0.155. The van der Waals surface area contributed by atoms with Crippen molar-refractivity contribution in [2.75, 3.05) is 47.4 Å². The van der Waals surface area contributed by atoms with E-state index in [9.17, 15) is 29.1 Å². The molecule has 3 N–H and O–H groups in total. The zero-order valence-corrected chi connectivity index (χ0v) is 42.3. The number of esters is 1. The maximum atomic E-state index is 14.8. The van der Waals surface area contributed by atoms with Crippen LogP contribution < -0.4 is 10.7 Å². The van der Waals surface area contributed by atoms with Gasteiger partial charge in [-0.3, -0.25) is 29.0 Å². The average Bonchev–Trinajstić information content (AvgIpc) is 4.02. The number of aryl methyl sites for hydroxylation is 2. The zero-order valence-electron chi connectivity index (χ0n) is 42.3. The van der Waals surface area contributed by atoms with Gasteiger partial charge in [0, 0.05) is 86.3 Å². The van der Waals surface area contributed by atoms with Gasteiger partial charge < -0.3 is 39.0 Å². The molecule has 0 unspecified atom stereocenters. The van der Waals surface area contributed by atoms with Gasteiger partial charge in [-0.05, 0) is 123 Å². The first-order valence-electron chi connectivity index (χ1n) is 24.7. The Morgan fingerprint density at radius 1 is 0.971 bits per heavy atom. The van der Waals surface area contributed by atoms with E-state index >= 15 is 0 Å². The summed E-state index contributed by atoms with van der Waals surface area (Å²) in [7, 11) is 7.85. The molecule has 5 aromatic rings. The van der Waals surface area contributed by atoms with Crippen LogP contribution >= 0.6 is 0 Å². The van der Waals surface area contributed by atoms with Gasteiger partial charge in [-0.2, -0.15) is 0 Å². The molecule has 15 nitrogen and oxygen atoms in total. The van der Waals surface area contributed by atoms with E-state index in [1.165, 1.54) is 27.1 Å². The molecule has 8 rings (SSSR count). The molecule has 2 saturated heterocycles. The molecule has 0 saturated carbocycles. The predicted molar refractivity (Wildman–Crippen MR) is 272 cm³/mol. The average molecular weight is 955 g/mol. The van der Waals surface area contributed by atoms with Crippen LogP contribution in [0.15, 0.2) is 73.3 Å². The molecule has 3 aliphatic rings. The van der Waals surface area contributed by atoms with Crippen molar-refractivity contribution in [3.63, 3.8) is 0 Å². The van der Waals surface area contributed by atoms with Crippen LogP contribution in [0.2, 0.25) is 0 Å². The molecule has 4 amide bonds. The summed E-state index contributed by atoms with van der Waals surface area (Å²) in [5.41, 5.74) is 11.5. The number of nitrogens with zero attached hydrogens (tertiary/aromatic N) is 6. The van der Waals surface area contributed by atoms with Crippen molar-refractivity contribution in [2.24, 2.45) is 24.3 Å². The Hall–Kier alpha value is -6.45. The molecule has 70 heavy (non-hydrogen) atoms. The molecule has 15 heteroatoms. The Labute approximate surface area is 411 Å². The second kappa shape index (κ2) is 20.1. The number of hydrazine groups is 1. The van der Waals surface area contributed by atoms with Gasteiger partial charge in [-0.15, -0.1) is 0 Å². The predicted octanol–water partition coefficient (Wildman–Crippen LogP) is 6.42. The Bertz CT molecular complexity index is 2860. The number of nitrogens with one attached hydrogen (secondary N) is 2. The van der Waals surface area contributed by atoms with E-state index in [1.54, 1.807) is 24.1 Å². The van der Waals surface area contributed by atoms with E-state index in [1.807, 2.05) is 19.9 Å². The fourth-order valence-corrected chi connectivity index (χ4v) is 10.9. The number of phenolic OH excluding ortho intramolecular Hbond substituents is 1. The number of carbonyl (C=O) groups excluding carboxylic acids is 5. The standard InChI is InChI=1S/C55H70N8O7/c1-11-48(65)61-21-19-38(30-61)52(67)60(10)49(33(3)4)51(66)56-45-24-34-22-39(26-41(64)23-34)35-17-18-46-42(27-35)43(29-55(5,6)32-70-54(69)44-14-13-20-63(57-44)53(45)68)50(62(46)12-2)37-16-15-36-25-40(31-58(7)8)59(9)47(36)28-37/h11,15-18,22-23,25-28,33,38,44-45,49,57,64H,1,12-14,19-21,24,29-32H2,2-10H3,(H,56,66)/t38-,44-,45-,49-/m0/s1. The number of rotatable bonds is 10. The summed E-state index contributed by atoms with van der Waals surface area (Å²) < 4.78 is 10.8. The van der Waals surface area contributed by atoms with Crippen LogP contribution in [0, 0.1) is 17.3 Å². The third-order valence-corrected chi connectivity index (χ3v) is 14.4. The van der Waals surface area contributed by atoms with E-state index < -0.39 is 47.2 Å². The van der Waals surface area contributed by atoms with Crippen molar-refractivity contribution in [1.82, 2.24) is 39.6 Å². The molecule has 0 radical (unpaired) electrons. The van der Waals surface area contributed by atoms with Gasteiger partial charge in [0.15, 0.2) is 0 Å². The monoisotopic (exact) mass is 955 g/mol. The van der Waals surface area contributed by atoms with Crippen LogP contribution in [0.1, 0.15) is 70.7 Å².